The molecule has 0 radical (unpaired) electrons. The minimum Gasteiger partial charge on any atom is -0.481 e. The summed E-state index contributed by atoms with van der Waals surface area (Å²) in [4.78, 5) is 4.41. The highest BCUT2D eigenvalue weighted by molar-refractivity contribution is 5.35. The maximum atomic E-state index is 8.89. The number of nitrogens with zero attached hydrogens (tertiary/aromatic N) is 2. The fourth-order valence-corrected chi connectivity index (χ4v) is 2.13. The molecule has 3 heteroatoms. The van der Waals surface area contributed by atoms with Gasteiger partial charge < -0.3 is 4.74 Å². The number of rotatable bonds is 2. The molecule has 0 amide bonds. The molecule has 0 bridgehead atoms. The number of hydrogen-bond acceptors (Lipinski definition) is 3. The van der Waals surface area contributed by atoms with Crippen LogP contribution in [0.1, 0.15) is 42.9 Å². The van der Waals surface area contributed by atoms with Crippen LogP contribution in [0.4, 0.5) is 0 Å². The summed E-state index contributed by atoms with van der Waals surface area (Å²) in [6.45, 7) is 0. The van der Waals surface area contributed by atoms with Crippen LogP contribution < -0.4 is 4.74 Å². The lowest BCUT2D eigenvalue weighted by Gasteiger charge is -2.10. The Bertz CT molecular complexity index is 389. The zero-order valence-electron chi connectivity index (χ0n) is 8.86. The summed E-state index contributed by atoms with van der Waals surface area (Å²) in [5, 5.41) is 8.89. The summed E-state index contributed by atoms with van der Waals surface area (Å²) in [5.41, 5.74) is 1.66. The largest absolute Gasteiger partial charge is 0.481 e. The molecule has 0 atom stereocenters. The van der Waals surface area contributed by atoms with E-state index in [1.54, 1.807) is 13.2 Å². The van der Waals surface area contributed by atoms with Crippen LogP contribution in [0, 0.1) is 11.3 Å². The molecule has 0 unspecified atom stereocenters. The van der Waals surface area contributed by atoms with Crippen molar-refractivity contribution < 1.29 is 4.74 Å². The third-order valence-electron chi connectivity index (χ3n) is 2.93. The standard InChI is InChI=1S/C12H14N2O/c1-15-12-7-9(8-13)6-11(14-12)10-4-2-3-5-10/h6-7,10H,2-5H2,1H3. The first-order valence-corrected chi connectivity index (χ1v) is 5.29. The van der Waals surface area contributed by atoms with Crippen molar-refractivity contribution in [1.29, 1.82) is 5.26 Å². The van der Waals surface area contributed by atoms with E-state index in [-0.39, 0.29) is 0 Å². The molecule has 1 fully saturated rings. The Morgan fingerprint density at radius 2 is 2.13 bits per heavy atom. The predicted molar refractivity (Wildman–Crippen MR) is 56.7 cm³/mol. The second-order valence-corrected chi connectivity index (χ2v) is 3.92. The molecular formula is C12H14N2O. The van der Waals surface area contributed by atoms with Crippen LogP contribution in [0.5, 0.6) is 5.88 Å². The molecule has 1 heterocycles. The molecule has 0 N–H and O–H groups in total. The number of methoxy groups -OCH3 is 1. The minimum atomic E-state index is 0.521. The van der Waals surface area contributed by atoms with Crippen molar-refractivity contribution >= 4 is 0 Å². The first-order chi connectivity index (χ1) is 7.33. The third-order valence-corrected chi connectivity index (χ3v) is 2.93. The fraction of sp³-hybridized carbons (Fsp3) is 0.500. The molecule has 15 heavy (non-hydrogen) atoms. The van der Waals surface area contributed by atoms with E-state index >= 15 is 0 Å². The first-order valence-electron chi connectivity index (χ1n) is 5.29. The maximum Gasteiger partial charge on any atom is 0.214 e. The van der Waals surface area contributed by atoms with Gasteiger partial charge in [0.1, 0.15) is 0 Å². The molecule has 3 nitrogen and oxygen atoms in total. The van der Waals surface area contributed by atoms with E-state index < -0.39 is 0 Å². The highest BCUT2D eigenvalue weighted by Gasteiger charge is 2.19. The molecule has 1 aromatic heterocycles. The average molecular weight is 202 g/mol. The van der Waals surface area contributed by atoms with E-state index in [0.717, 1.165) is 5.69 Å². The molecular weight excluding hydrogens is 188 g/mol. The first kappa shape index (κ1) is 9.97. The van der Waals surface area contributed by atoms with Gasteiger partial charge in [-0.25, -0.2) is 4.98 Å². The molecule has 0 aromatic carbocycles. The Labute approximate surface area is 89.7 Å². The van der Waals surface area contributed by atoms with E-state index in [4.69, 9.17) is 10.00 Å². The van der Waals surface area contributed by atoms with Crippen LogP contribution in [-0.2, 0) is 0 Å². The Balaban J connectivity index is 2.33. The van der Waals surface area contributed by atoms with Crippen molar-refractivity contribution in [3.63, 3.8) is 0 Å². The van der Waals surface area contributed by atoms with Crippen molar-refractivity contribution in [3.8, 4) is 11.9 Å². The Hall–Kier alpha value is -1.56. The number of aromatic nitrogens is 1. The van der Waals surface area contributed by atoms with Gasteiger partial charge in [-0.2, -0.15) is 5.26 Å². The van der Waals surface area contributed by atoms with Crippen LogP contribution in [0.15, 0.2) is 12.1 Å². The topological polar surface area (TPSA) is 45.9 Å². The summed E-state index contributed by atoms with van der Waals surface area (Å²) in [7, 11) is 1.59. The van der Waals surface area contributed by atoms with Gasteiger partial charge in [0.15, 0.2) is 0 Å². The van der Waals surface area contributed by atoms with Gasteiger partial charge in [-0.1, -0.05) is 12.8 Å². The van der Waals surface area contributed by atoms with Gasteiger partial charge in [-0.3, -0.25) is 0 Å². The van der Waals surface area contributed by atoms with E-state index in [1.165, 1.54) is 25.7 Å². The average Bonchev–Trinajstić information content (AvgIpc) is 2.81. The van der Waals surface area contributed by atoms with Gasteiger partial charge in [0.05, 0.1) is 18.7 Å². The molecule has 0 saturated heterocycles. The summed E-state index contributed by atoms with van der Waals surface area (Å²) in [6.07, 6.45) is 4.91. The molecule has 1 saturated carbocycles. The molecule has 0 aliphatic heterocycles. The van der Waals surface area contributed by atoms with Crippen molar-refractivity contribution in [3.05, 3.63) is 23.4 Å². The van der Waals surface area contributed by atoms with Gasteiger partial charge in [0.25, 0.3) is 0 Å². The Morgan fingerprint density at radius 1 is 1.40 bits per heavy atom. The highest BCUT2D eigenvalue weighted by atomic mass is 16.5. The highest BCUT2D eigenvalue weighted by Crippen LogP contribution is 2.34. The van der Waals surface area contributed by atoms with Crippen LogP contribution in [-0.4, -0.2) is 12.1 Å². The lowest BCUT2D eigenvalue weighted by molar-refractivity contribution is 0.394. The molecule has 1 aliphatic rings. The Kier molecular flexibility index (Phi) is 2.86. The lowest BCUT2D eigenvalue weighted by atomic mass is 10.0. The fourth-order valence-electron chi connectivity index (χ4n) is 2.13. The SMILES string of the molecule is COc1cc(C#N)cc(C2CCCC2)n1. The van der Waals surface area contributed by atoms with Gasteiger partial charge in [-0.05, 0) is 18.9 Å². The van der Waals surface area contributed by atoms with Gasteiger partial charge in [0, 0.05) is 17.7 Å². The molecule has 1 aliphatic carbocycles. The smallest absolute Gasteiger partial charge is 0.214 e. The van der Waals surface area contributed by atoms with Crippen LogP contribution >= 0.6 is 0 Å². The quantitative estimate of drug-likeness (QED) is 0.740. The van der Waals surface area contributed by atoms with Gasteiger partial charge in [-0.15, -0.1) is 0 Å². The second-order valence-electron chi connectivity index (χ2n) is 3.92. The van der Waals surface area contributed by atoms with E-state index in [2.05, 4.69) is 11.1 Å². The van der Waals surface area contributed by atoms with Crippen LogP contribution in [0.25, 0.3) is 0 Å². The predicted octanol–water partition coefficient (Wildman–Crippen LogP) is 2.62. The summed E-state index contributed by atoms with van der Waals surface area (Å²) >= 11 is 0. The maximum absolute atomic E-state index is 8.89. The molecule has 78 valence electrons. The van der Waals surface area contributed by atoms with Crippen molar-refractivity contribution in [2.45, 2.75) is 31.6 Å². The van der Waals surface area contributed by atoms with Gasteiger partial charge in [0.2, 0.25) is 5.88 Å². The number of ether oxygens (including phenoxy) is 1. The van der Waals surface area contributed by atoms with Gasteiger partial charge >= 0.3 is 0 Å². The number of pyridine rings is 1. The summed E-state index contributed by atoms with van der Waals surface area (Å²) in [5.74, 6) is 1.07. The Morgan fingerprint density at radius 3 is 2.73 bits per heavy atom. The molecule has 2 rings (SSSR count). The van der Waals surface area contributed by atoms with E-state index in [9.17, 15) is 0 Å². The summed E-state index contributed by atoms with van der Waals surface area (Å²) in [6, 6.07) is 5.71. The van der Waals surface area contributed by atoms with Crippen molar-refractivity contribution in [2.24, 2.45) is 0 Å². The normalized spacial score (nSPS) is 16.3. The molecule has 0 spiro atoms. The monoisotopic (exact) mass is 202 g/mol. The second kappa shape index (κ2) is 4.31. The van der Waals surface area contributed by atoms with Crippen LogP contribution in [0.2, 0.25) is 0 Å². The van der Waals surface area contributed by atoms with E-state index in [0.29, 0.717) is 17.4 Å². The summed E-state index contributed by atoms with van der Waals surface area (Å²) < 4.78 is 5.09. The molecule has 1 aromatic rings. The zero-order chi connectivity index (χ0) is 10.7. The minimum absolute atomic E-state index is 0.521. The number of nitriles is 1. The number of hydrogen-bond donors (Lipinski definition) is 0. The van der Waals surface area contributed by atoms with Crippen LogP contribution in [0.3, 0.4) is 0 Å². The third kappa shape index (κ3) is 2.10. The zero-order valence-corrected chi connectivity index (χ0v) is 8.86. The van der Waals surface area contributed by atoms with E-state index in [1.807, 2.05) is 6.07 Å². The van der Waals surface area contributed by atoms with Crippen molar-refractivity contribution in [2.75, 3.05) is 7.11 Å². The lowest BCUT2D eigenvalue weighted by Crippen LogP contribution is -1.99. The van der Waals surface area contributed by atoms with Crippen molar-refractivity contribution in [1.82, 2.24) is 4.98 Å².